The molecule has 7 heteroatoms. The van der Waals surface area contributed by atoms with Gasteiger partial charge < -0.3 is 20.7 Å². The number of hydrogen-bond acceptors (Lipinski definition) is 6. The summed E-state index contributed by atoms with van der Waals surface area (Å²) in [7, 11) is 0. The van der Waals surface area contributed by atoms with Gasteiger partial charge in [0.15, 0.2) is 0 Å². The minimum absolute atomic E-state index is 0.193. The largest absolute Gasteiger partial charge is 0.477 e. The second kappa shape index (κ2) is 8.06. The second-order valence-electron chi connectivity index (χ2n) is 8.58. The Morgan fingerprint density at radius 2 is 2.06 bits per heavy atom. The van der Waals surface area contributed by atoms with Gasteiger partial charge >= 0.3 is 0 Å². The van der Waals surface area contributed by atoms with E-state index < -0.39 is 0 Å². The third-order valence-electron chi connectivity index (χ3n) is 6.66. The van der Waals surface area contributed by atoms with Gasteiger partial charge in [-0.25, -0.2) is 9.97 Å². The van der Waals surface area contributed by atoms with Crippen molar-refractivity contribution >= 4 is 28.2 Å². The molecular weight excluding hydrogens is 390 g/mol. The summed E-state index contributed by atoms with van der Waals surface area (Å²) in [6, 6.07) is 12.3. The number of likely N-dealkylation sites (tertiary alicyclic amines) is 1. The van der Waals surface area contributed by atoms with Gasteiger partial charge in [-0.2, -0.15) is 0 Å². The molecule has 2 aliphatic rings. The summed E-state index contributed by atoms with van der Waals surface area (Å²) in [4.78, 5) is 22.2. The molecule has 1 saturated heterocycles. The summed E-state index contributed by atoms with van der Waals surface area (Å²) in [5, 5.41) is 5.49. The number of anilines is 2. The minimum Gasteiger partial charge on any atom is -0.477 e. The van der Waals surface area contributed by atoms with Crippen LogP contribution in [0.4, 0.5) is 11.5 Å². The molecular formula is C24H27N5O2. The van der Waals surface area contributed by atoms with Crippen LogP contribution < -0.4 is 15.8 Å². The normalized spacial score (nSPS) is 22.1. The number of aromatic nitrogens is 2. The van der Waals surface area contributed by atoms with E-state index in [2.05, 4.69) is 15.3 Å². The molecule has 31 heavy (non-hydrogen) atoms. The summed E-state index contributed by atoms with van der Waals surface area (Å²) in [5.41, 5.74) is 8.11. The van der Waals surface area contributed by atoms with Crippen molar-refractivity contribution in [2.45, 2.75) is 32.4 Å². The zero-order valence-corrected chi connectivity index (χ0v) is 17.6. The molecule has 3 unspecified atom stereocenters. The van der Waals surface area contributed by atoms with Gasteiger partial charge in [0.25, 0.3) is 0 Å². The van der Waals surface area contributed by atoms with Crippen molar-refractivity contribution < 1.29 is 9.53 Å². The Morgan fingerprint density at radius 3 is 2.87 bits per heavy atom. The molecule has 3 aromatic rings. The fourth-order valence-corrected chi connectivity index (χ4v) is 5.06. The lowest BCUT2D eigenvalue weighted by Crippen LogP contribution is -2.39. The lowest BCUT2D eigenvalue weighted by atomic mass is 9.95. The fraction of sp³-hybridized carbons (Fsp3) is 0.375. The molecule has 2 bridgehead atoms. The summed E-state index contributed by atoms with van der Waals surface area (Å²) in [6.45, 7) is 3.85. The molecule has 2 fully saturated rings. The van der Waals surface area contributed by atoms with Gasteiger partial charge in [-0.1, -0.05) is 12.1 Å². The number of piperidine rings is 1. The molecule has 5 rings (SSSR count). The molecule has 3 atom stereocenters. The monoisotopic (exact) mass is 417 g/mol. The third kappa shape index (κ3) is 3.87. The van der Waals surface area contributed by atoms with Crippen LogP contribution in [0, 0.1) is 11.8 Å². The number of fused-ring (bicyclic) bond motifs is 3. The van der Waals surface area contributed by atoms with Crippen molar-refractivity contribution in [2.75, 3.05) is 24.2 Å². The van der Waals surface area contributed by atoms with Gasteiger partial charge in [-0.3, -0.25) is 4.79 Å². The Labute approximate surface area is 181 Å². The van der Waals surface area contributed by atoms with Crippen LogP contribution in [-0.2, 0) is 11.3 Å². The highest BCUT2D eigenvalue weighted by Gasteiger charge is 2.45. The molecule has 1 aliphatic carbocycles. The van der Waals surface area contributed by atoms with E-state index in [-0.39, 0.29) is 5.91 Å². The van der Waals surface area contributed by atoms with Crippen LogP contribution in [0.25, 0.3) is 10.8 Å². The lowest BCUT2D eigenvalue weighted by Gasteiger charge is -2.30. The number of nitrogens with zero attached hydrogens (tertiary/aromatic N) is 3. The quantitative estimate of drug-likeness (QED) is 0.638. The SMILES string of the molecule is CC(=O)N1CC2CC1CC2COc1cc(CNc2cccc3c(N)nccc23)ccn1. The molecule has 7 nitrogen and oxygen atoms in total. The van der Waals surface area contributed by atoms with Crippen LogP contribution in [0.15, 0.2) is 48.8 Å². The van der Waals surface area contributed by atoms with Crippen LogP contribution in [-0.4, -0.2) is 40.0 Å². The highest BCUT2D eigenvalue weighted by molar-refractivity contribution is 5.99. The zero-order chi connectivity index (χ0) is 21.4. The van der Waals surface area contributed by atoms with Crippen LogP contribution >= 0.6 is 0 Å². The predicted molar refractivity (Wildman–Crippen MR) is 121 cm³/mol. The van der Waals surface area contributed by atoms with Crippen molar-refractivity contribution in [2.24, 2.45) is 11.8 Å². The average Bonchev–Trinajstić information content (AvgIpc) is 3.38. The number of rotatable bonds is 6. The van der Waals surface area contributed by atoms with Crippen molar-refractivity contribution in [3.63, 3.8) is 0 Å². The lowest BCUT2D eigenvalue weighted by molar-refractivity contribution is -0.131. The predicted octanol–water partition coefficient (Wildman–Crippen LogP) is 3.46. The Hall–Kier alpha value is -3.35. The van der Waals surface area contributed by atoms with E-state index in [0.717, 1.165) is 41.4 Å². The van der Waals surface area contributed by atoms with Crippen molar-refractivity contribution in [3.05, 3.63) is 54.4 Å². The molecule has 1 aliphatic heterocycles. The average molecular weight is 418 g/mol. The maximum atomic E-state index is 11.7. The van der Waals surface area contributed by atoms with Crippen LogP contribution in [0.1, 0.15) is 25.3 Å². The van der Waals surface area contributed by atoms with Crippen molar-refractivity contribution in [3.8, 4) is 5.88 Å². The molecule has 3 N–H and O–H groups in total. The van der Waals surface area contributed by atoms with Crippen molar-refractivity contribution in [1.82, 2.24) is 14.9 Å². The van der Waals surface area contributed by atoms with Crippen LogP contribution in [0.5, 0.6) is 5.88 Å². The van der Waals surface area contributed by atoms with Crippen LogP contribution in [0.3, 0.4) is 0 Å². The number of nitrogen functional groups attached to an aromatic ring is 1. The highest BCUT2D eigenvalue weighted by atomic mass is 16.5. The summed E-state index contributed by atoms with van der Waals surface area (Å²) in [6.07, 6.45) is 5.66. The van der Waals surface area contributed by atoms with Gasteiger partial charge in [0.1, 0.15) is 5.82 Å². The number of nitrogens with two attached hydrogens (primary N) is 1. The first-order chi connectivity index (χ1) is 15.1. The third-order valence-corrected chi connectivity index (χ3v) is 6.66. The van der Waals surface area contributed by atoms with E-state index in [4.69, 9.17) is 10.5 Å². The Kier molecular flexibility index (Phi) is 5.10. The standard InChI is InChI=1S/C24H27N5O2/c1-15(30)29-13-17-10-19(29)11-18(17)14-31-23-9-16(5-7-26-23)12-28-22-4-2-3-21-20(22)6-8-27-24(21)25/h2-9,17-19,28H,10-14H2,1H3,(H2,25,27). The maximum absolute atomic E-state index is 11.7. The zero-order valence-electron chi connectivity index (χ0n) is 17.6. The molecule has 0 radical (unpaired) electrons. The Bertz CT molecular complexity index is 1120. The Morgan fingerprint density at radius 1 is 1.19 bits per heavy atom. The number of ether oxygens (including phenoxy) is 1. The number of carbonyl (C=O) groups is 1. The Balaban J connectivity index is 1.20. The van der Waals surface area contributed by atoms with E-state index in [1.807, 2.05) is 41.3 Å². The first-order valence-corrected chi connectivity index (χ1v) is 10.8. The van der Waals surface area contributed by atoms with Gasteiger partial charge in [0.2, 0.25) is 11.8 Å². The van der Waals surface area contributed by atoms with E-state index in [9.17, 15) is 4.79 Å². The molecule has 1 amide bonds. The second-order valence-corrected chi connectivity index (χ2v) is 8.58. The maximum Gasteiger partial charge on any atom is 0.219 e. The van der Waals surface area contributed by atoms with E-state index in [0.29, 0.717) is 42.7 Å². The van der Waals surface area contributed by atoms with Gasteiger partial charge in [0.05, 0.1) is 6.61 Å². The number of carbonyl (C=O) groups excluding carboxylic acids is 1. The smallest absolute Gasteiger partial charge is 0.219 e. The van der Waals surface area contributed by atoms with E-state index in [1.54, 1.807) is 19.3 Å². The van der Waals surface area contributed by atoms with Gasteiger partial charge in [-0.05, 0) is 48.4 Å². The summed E-state index contributed by atoms with van der Waals surface area (Å²) < 4.78 is 6.05. The fourth-order valence-electron chi connectivity index (χ4n) is 5.06. The minimum atomic E-state index is 0.193. The van der Waals surface area contributed by atoms with E-state index in [1.165, 1.54) is 0 Å². The number of benzene rings is 1. The van der Waals surface area contributed by atoms with Crippen molar-refractivity contribution in [1.29, 1.82) is 0 Å². The number of pyridine rings is 2. The molecule has 3 heterocycles. The molecule has 160 valence electrons. The summed E-state index contributed by atoms with van der Waals surface area (Å²) >= 11 is 0. The molecule has 2 aromatic heterocycles. The number of hydrogen-bond donors (Lipinski definition) is 2. The van der Waals surface area contributed by atoms with E-state index >= 15 is 0 Å². The molecule has 0 spiro atoms. The molecule has 1 saturated carbocycles. The summed E-state index contributed by atoms with van der Waals surface area (Å²) in [5.74, 6) is 2.43. The molecule has 1 aromatic carbocycles. The van der Waals surface area contributed by atoms with Gasteiger partial charge in [-0.15, -0.1) is 0 Å². The van der Waals surface area contributed by atoms with Gasteiger partial charge in [0, 0.05) is 61.0 Å². The first-order valence-electron chi connectivity index (χ1n) is 10.8. The topological polar surface area (TPSA) is 93.4 Å². The number of amides is 1. The first kappa shape index (κ1) is 19.6. The highest BCUT2D eigenvalue weighted by Crippen LogP contribution is 2.42. The number of nitrogens with one attached hydrogen (secondary N) is 1. The van der Waals surface area contributed by atoms with Crippen LogP contribution in [0.2, 0.25) is 0 Å².